The Morgan fingerprint density at radius 1 is 0.784 bits per heavy atom. The van der Waals surface area contributed by atoms with Crippen LogP contribution in [0.15, 0.2) is 77.6 Å². The van der Waals surface area contributed by atoms with E-state index in [0.29, 0.717) is 29.7 Å². The van der Waals surface area contributed by atoms with E-state index >= 15 is 0 Å². The molecule has 0 unspecified atom stereocenters. The number of benzene rings is 3. The van der Waals surface area contributed by atoms with E-state index in [1.165, 1.54) is 16.8 Å². The fourth-order valence-electron chi connectivity index (χ4n) is 5.88. The molecule has 0 N–H and O–H groups in total. The minimum Gasteiger partial charge on any atom is -0.368 e. The summed E-state index contributed by atoms with van der Waals surface area (Å²) in [5.41, 5.74) is 6.49. The van der Waals surface area contributed by atoms with Gasteiger partial charge in [0, 0.05) is 53.4 Å². The number of para-hydroxylation sites is 1. The van der Waals surface area contributed by atoms with Crippen LogP contribution in [0, 0.1) is 13.8 Å². The van der Waals surface area contributed by atoms with Gasteiger partial charge in [0.2, 0.25) is 0 Å². The number of aromatic nitrogens is 2. The molecule has 6 aromatic rings. The molecule has 6 heteroatoms. The maximum atomic E-state index is 13.8. The van der Waals surface area contributed by atoms with Gasteiger partial charge in [0.25, 0.3) is 11.5 Å². The molecule has 6 nitrogen and oxygen atoms in total. The second kappa shape index (κ2) is 8.03. The lowest BCUT2D eigenvalue weighted by molar-refractivity contribution is 0.0741. The van der Waals surface area contributed by atoms with Crippen molar-refractivity contribution in [2.75, 3.05) is 31.1 Å². The maximum Gasteiger partial charge on any atom is 0.272 e. The quantitative estimate of drug-likeness (QED) is 0.317. The van der Waals surface area contributed by atoms with Crippen molar-refractivity contribution in [3.8, 4) is 0 Å². The average Bonchev–Trinajstić information content (AvgIpc) is 3.28. The van der Waals surface area contributed by atoms with Crippen LogP contribution in [0.1, 0.15) is 21.6 Å². The average molecular weight is 487 g/mol. The summed E-state index contributed by atoms with van der Waals surface area (Å²) in [4.78, 5) is 36.4. The first-order valence-corrected chi connectivity index (χ1v) is 12.7. The van der Waals surface area contributed by atoms with E-state index in [1.807, 2.05) is 59.5 Å². The summed E-state index contributed by atoms with van der Waals surface area (Å²) in [5, 5.41) is 3.23. The van der Waals surface area contributed by atoms with Gasteiger partial charge >= 0.3 is 0 Å². The lowest BCUT2D eigenvalue weighted by Gasteiger charge is -2.37. The van der Waals surface area contributed by atoms with Crippen molar-refractivity contribution >= 4 is 49.7 Å². The van der Waals surface area contributed by atoms with Crippen LogP contribution in [0.5, 0.6) is 0 Å². The molecule has 182 valence electrons. The number of rotatable bonds is 2. The van der Waals surface area contributed by atoms with Gasteiger partial charge in [0.1, 0.15) is 5.69 Å². The molecule has 3 aromatic heterocycles. The van der Waals surface area contributed by atoms with E-state index in [9.17, 15) is 9.59 Å². The molecule has 1 aliphatic rings. The first kappa shape index (κ1) is 21.8. The number of carbonyl (C=O) groups is 1. The lowest BCUT2D eigenvalue weighted by atomic mass is 10.1. The van der Waals surface area contributed by atoms with E-state index in [4.69, 9.17) is 4.98 Å². The van der Waals surface area contributed by atoms with Crippen LogP contribution >= 0.6 is 0 Å². The fourth-order valence-corrected chi connectivity index (χ4v) is 5.88. The third kappa shape index (κ3) is 3.15. The molecular weight excluding hydrogens is 460 g/mol. The number of nitrogens with zero attached hydrogens (tertiary/aromatic N) is 4. The summed E-state index contributed by atoms with van der Waals surface area (Å²) in [7, 11) is 0. The highest BCUT2D eigenvalue weighted by molar-refractivity contribution is 6.20. The van der Waals surface area contributed by atoms with Crippen LogP contribution in [-0.4, -0.2) is 46.4 Å². The van der Waals surface area contributed by atoms with Gasteiger partial charge in [-0.1, -0.05) is 48.5 Å². The minimum absolute atomic E-state index is 0.0576. The number of hydrogen-bond donors (Lipinski definition) is 0. The number of amides is 1. The largest absolute Gasteiger partial charge is 0.368 e. The van der Waals surface area contributed by atoms with Crippen molar-refractivity contribution in [2.45, 2.75) is 13.8 Å². The first-order chi connectivity index (χ1) is 18.0. The van der Waals surface area contributed by atoms with Gasteiger partial charge in [-0.3, -0.25) is 14.0 Å². The van der Waals surface area contributed by atoms with Gasteiger partial charge in [-0.05, 0) is 49.2 Å². The standard InChI is InChI=1S/C31H26N4O2/c1-19-8-7-13-26(20(19)2)33-14-16-34(17-15-33)31(37)25-18-24-21-9-5-6-12-27(21)35-29(24)28(32-25)22-10-3-4-11-23(22)30(35)36/h3-13,18H,14-17H2,1-2H3. The van der Waals surface area contributed by atoms with E-state index in [1.54, 1.807) is 4.40 Å². The van der Waals surface area contributed by atoms with Gasteiger partial charge in [0.15, 0.2) is 0 Å². The number of carbonyl (C=O) groups excluding carboxylic acids is 1. The van der Waals surface area contributed by atoms with Crippen LogP contribution < -0.4 is 10.5 Å². The van der Waals surface area contributed by atoms with Crippen molar-refractivity contribution in [1.82, 2.24) is 14.3 Å². The van der Waals surface area contributed by atoms with Gasteiger partial charge in [-0.2, -0.15) is 0 Å². The summed E-state index contributed by atoms with van der Waals surface area (Å²) in [6.07, 6.45) is 0. The highest BCUT2D eigenvalue weighted by Gasteiger charge is 2.26. The highest BCUT2D eigenvalue weighted by atomic mass is 16.2. The summed E-state index contributed by atoms with van der Waals surface area (Å²) in [6.45, 7) is 7.13. The van der Waals surface area contributed by atoms with E-state index in [-0.39, 0.29) is 11.5 Å². The molecule has 37 heavy (non-hydrogen) atoms. The molecule has 1 fully saturated rings. The van der Waals surface area contributed by atoms with E-state index < -0.39 is 0 Å². The van der Waals surface area contributed by atoms with Crippen LogP contribution in [0.2, 0.25) is 0 Å². The summed E-state index contributed by atoms with van der Waals surface area (Å²) < 4.78 is 1.76. The Balaban J connectivity index is 1.33. The number of aryl methyl sites for hydroxylation is 1. The topological polar surface area (TPSA) is 57.9 Å². The van der Waals surface area contributed by atoms with E-state index in [0.717, 1.165) is 40.3 Å². The monoisotopic (exact) mass is 486 g/mol. The second-order valence-electron chi connectivity index (χ2n) is 9.95. The Bertz CT molecular complexity index is 1920. The molecule has 0 radical (unpaired) electrons. The van der Waals surface area contributed by atoms with Crippen molar-refractivity contribution in [3.05, 3.63) is 100.0 Å². The van der Waals surface area contributed by atoms with Crippen LogP contribution in [0.3, 0.4) is 0 Å². The smallest absolute Gasteiger partial charge is 0.272 e. The zero-order chi connectivity index (χ0) is 25.3. The number of piperazine rings is 1. The molecule has 0 bridgehead atoms. The van der Waals surface area contributed by atoms with Gasteiger partial charge in [-0.15, -0.1) is 0 Å². The molecule has 1 saturated heterocycles. The normalized spacial score (nSPS) is 14.4. The predicted octanol–water partition coefficient (Wildman–Crippen LogP) is 5.17. The van der Waals surface area contributed by atoms with Gasteiger partial charge in [0.05, 0.1) is 16.6 Å². The zero-order valence-electron chi connectivity index (χ0n) is 20.9. The Morgan fingerprint density at radius 3 is 2.27 bits per heavy atom. The van der Waals surface area contributed by atoms with Crippen molar-refractivity contribution in [3.63, 3.8) is 0 Å². The van der Waals surface area contributed by atoms with Gasteiger partial charge in [-0.25, -0.2) is 4.98 Å². The SMILES string of the molecule is Cc1cccc(N2CCN(C(=O)c3cc4c5ccccc5n5c(=O)c6ccccc6c(n3)c45)CC2)c1C. The molecule has 7 rings (SSSR count). The van der Waals surface area contributed by atoms with Gasteiger partial charge < -0.3 is 9.80 Å². The number of anilines is 1. The zero-order valence-corrected chi connectivity index (χ0v) is 20.9. The lowest BCUT2D eigenvalue weighted by Crippen LogP contribution is -2.49. The number of fused-ring (bicyclic) bond motifs is 5. The van der Waals surface area contributed by atoms with E-state index in [2.05, 4.69) is 36.9 Å². The van der Waals surface area contributed by atoms with Crippen molar-refractivity contribution in [2.24, 2.45) is 0 Å². The van der Waals surface area contributed by atoms with Crippen molar-refractivity contribution < 1.29 is 4.79 Å². The summed E-state index contributed by atoms with van der Waals surface area (Å²) in [6, 6.07) is 23.7. The molecule has 0 saturated carbocycles. The molecule has 0 atom stereocenters. The molecule has 3 aromatic carbocycles. The molecule has 1 aliphatic heterocycles. The molecular formula is C31H26N4O2. The minimum atomic E-state index is -0.0648. The fraction of sp³-hybridized carbons (Fsp3) is 0.194. The Morgan fingerprint density at radius 2 is 1.49 bits per heavy atom. The Hall–Kier alpha value is -4.45. The predicted molar refractivity (Wildman–Crippen MR) is 149 cm³/mol. The summed E-state index contributed by atoms with van der Waals surface area (Å²) in [5.74, 6) is -0.0648. The Kier molecular flexibility index (Phi) is 4.73. The number of pyridine rings is 2. The van der Waals surface area contributed by atoms with Crippen LogP contribution in [0.25, 0.3) is 38.1 Å². The molecule has 1 amide bonds. The first-order valence-electron chi connectivity index (χ1n) is 12.7. The second-order valence-corrected chi connectivity index (χ2v) is 9.95. The molecule has 0 aliphatic carbocycles. The number of hydrogen-bond acceptors (Lipinski definition) is 4. The third-order valence-corrected chi connectivity index (χ3v) is 7.97. The third-order valence-electron chi connectivity index (χ3n) is 7.97. The maximum absolute atomic E-state index is 13.8. The molecule has 4 heterocycles. The van der Waals surface area contributed by atoms with Crippen LogP contribution in [-0.2, 0) is 0 Å². The Labute approximate surface area is 213 Å². The van der Waals surface area contributed by atoms with Crippen LogP contribution in [0.4, 0.5) is 5.69 Å². The molecule has 0 spiro atoms. The summed E-state index contributed by atoms with van der Waals surface area (Å²) >= 11 is 0. The van der Waals surface area contributed by atoms with Crippen molar-refractivity contribution in [1.29, 1.82) is 0 Å². The highest BCUT2D eigenvalue weighted by Crippen LogP contribution is 2.34.